The minimum absolute atomic E-state index is 0.197. The van der Waals surface area contributed by atoms with E-state index in [1.165, 1.54) is 13.2 Å². The van der Waals surface area contributed by atoms with Crippen LogP contribution < -0.4 is 0 Å². The summed E-state index contributed by atoms with van der Waals surface area (Å²) in [5, 5.41) is 0. The van der Waals surface area contributed by atoms with Gasteiger partial charge in [-0.05, 0) is 12.1 Å². The third-order valence-corrected chi connectivity index (χ3v) is 2.50. The summed E-state index contributed by atoms with van der Waals surface area (Å²) in [4.78, 5) is 13.2. The van der Waals surface area contributed by atoms with Gasteiger partial charge in [-0.1, -0.05) is 6.07 Å². The van der Waals surface area contributed by atoms with Crippen LogP contribution >= 0.6 is 0 Å². The number of methoxy groups -OCH3 is 1. The lowest BCUT2D eigenvalue weighted by Crippen LogP contribution is -2.09. The third-order valence-electron chi connectivity index (χ3n) is 2.50. The highest BCUT2D eigenvalue weighted by Crippen LogP contribution is 2.19. The molecule has 0 fully saturated rings. The highest BCUT2D eigenvalue weighted by Gasteiger charge is 2.13. The Morgan fingerprint density at radius 2 is 2.00 bits per heavy atom. The van der Waals surface area contributed by atoms with E-state index in [4.69, 9.17) is 0 Å². The molecule has 0 saturated carbocycles. The Balaban J connectivity index is 3.29. The zero-order valence-electron chi connectivity index (χ0n) is 12.5. The number of esters is 1. The van der Waals surface area contributed by atoms with E-state index in [2.05, 4.69) is 4.74 Å². The maximum absolute atomic E-state index is 14.2. The van der Waals surface area contributed by atoms with Crippen molar-refractivity contribution < 1.29 is 18.5 Å². The van der Waals surface area contributed by atoms with Gasteiger partial charge in [0, 0.05) is 25.9 Å². The van der Waals surface area contributed by atoms with Gasteiger partial charge >= 0.3 is 5.97 Å². The van der Waals surface area contributed by atoms with E-state index in [9.17, 15) is 9.18 Å². The van der Waals surface area contributed by atoms with Crippen molar-refractivity contribution in [2.75, 3.05) is 35.3 Å². The number of allylic oxidation sites excluding steroid dienone is 1. The van der Waals surface area contributed by atoms with E-state index in [0.29, 0.717) is 11.1 Å². The minimum atomic E-state index is -0.551. The van der Waals surface area contributed by atoms with Gasteiger partial charge in [-0.2, -0.15) is 0 Å². The van der Waals surface area contributed by atoms with E-state index >= 15 is 0 Å². The lowest BCUT2D eigenvalue weighted by atomic mass is 10.0. The van der Waals surface area contributed by atoms with Crippen LogP contribution in [0.5, 0.6) is 0 Å². The van der Waals surface area contributed by atoms with Crippen molar-refractivity contribution in [3.8, 4) is 0 Å². The molecule has 0 aliphatic carbocycles. The number of ether oxygens (including phenoxy) is 1. The molecule has 0 spiro atoms. The SMILES string of the molecule is COC(=O)c1ccc(/C(C=[N+](C)C)=C\N(C)C)c(F)c1. The van der Waals surface area contributed by atoms with Crippen molar-refractivity contribution in [2.24, 2.45) is 0 Å². The van der Waals surface area contributed by atoms with Crippen molar-refractivity contribution in [3.63, 3.8) is 0 Å². The molecule has 0 saturated heterocycles. The van der Waals surface area contributed by atoms with Gasteiger partial charge in [0.1, 0.15) is 19.9 Å². The molecule has 1 aromatic rings. The predicted molar refractivity (Wildman–Crippen MR) is 77.6 cm³/mol. The first-order chi connectivity index (χ1) is 9.35. The molecule has 0 aliphatic heterocycles. The van der Waals surface area contributed by atoms with Crippen molar-refractivity contribution >= 4 is 17.8 Å². The quantitative estimate of drug-likeness (QED) is 0.479. The fraction of sp³-hybridized carbons (Fsp3) is 0.333. The Morgan fingerprint density at radius 3 is 2.45 bits per heavy atom. The van der Waals surface area contributed by atoms with Crippen LogP contribution in [0.15, 0.2) is 24.4 Å². The maximum Gasteiger partial charge on any atom is 0.337 e. The molecule has 0 amide bonds. The first-order valence-electron chi connectivity index (χ1n) is 6.13. The first-order valence-corrected chi connectivity index (χ1v) is 6.13. The molecular formula is C15H20FN2O2+. The maximum atomic E-state index is 14.2. The summed E-state index contributed by atoms with van der Waals surface area (Å²) in [6.45, 7) is 0. The normalized spacial score (nSPS) is 11.0. The molecule has 0 bridgehead atoms. The van der Waals surface area contributed by atoms with E-state index in [-0.39, 0.29) is 5.56 Å². The predicted octanol–water partition coefficient (Wildman–Crippen LogP) is 1.86. The summed E-state index contributed by atoms with van der Waals surface area (Å²) in [7, 11) is 8.73. The molecule has 1 aromatic carbocycles. The van der Waals surface area contributed by atoms with E-state index in [1.807, 2.05) is 50.1 Å². The number of carbonyl (C=O) groups is 1. The van der Waals surface area contributed by atoms with Gasteiger partial charge in [-0.15, -0.1) is 0 Å². The molecule has 0 aromatic heterocycles. The van der Waals surface area contributed by atoms with Crippen LogP contribution in [0.2, 0.25) is 0 Å². The molecule has 4 nitrogen and oxygen atoms in total. The van der Waals surface area contributed by atoms with Gasteiger partial charge in [0.05, 0.1) is 18.2 Å². The summed E-state index contributed by atoms with van der Waals surface area (Å²) in [6, 6.07) is 4.32. The molecule has 20 heavy (non-hydrogen) atoms. The smallest absolute Gasteiger partial charge is 0.337 e. The van der Waals surface area contributed by atoms with Crippen LogP contribution in [-0.4, -0.2) is 57.0 Å². The molecule has 0 atom stereocenters. The average molecular weight is 279 g/mol. The Hall–Kier alpha value is -2.17. The minimum Gasteiger partial charge on any atom is -0.465 e. The van der Waals surface area contributed by atoms with Crippen LogP contribution in [0.1, 0.15) is 15.9 Å². The van der Waals surface area contributed by atoms with E-state index < -0.39 is 11.8 Å². The van der Waals surface area contributed by atoms with Gasteiger partial charge in [-0.3, -0.25) is 0 Å². The molecule has 0 N–H and O–H groups in total. The molecular weight excluding hydrogens is 259 g/mol. The standard InChI is InChI=1S/C15H20FN2O2/c1-17(2)9-12(10-18(3)4)13-7-6-11(8-14(13)16)15(19)20-5/h6-10H,1-5H3/q+1. The molecule has 108 valence electrons. The lowest BCUT2D eigenvalue weighted by molar-refractivity contribution is -0.458. The van der Waals surface area contributed by atoms with Gasteiger partial charge in [0.2, 0.25) is 0 Å². The fourth-order valence-electron chi connectivity index (χ4n) is 1.72. The van der Waals surface area contributed by atoms with E-state index in [0.717, 1.165) is 0 Å². The Labute approximate surface area is 118 Å². The summed E-state index contributed by atoms with van der Waals surface area (Å²) in [5.41, 5.74) is 1.34. The van der Waals surface area contributed by atoms with Crippen LogP contribution in [0.3, 0.4) is 0 Å². The van der Waals surface area contributed by atoms with Crippen molar-refractivity contribution in [1.29, 1.82) is 0 Å². The molecule has 0 heterocycles. The number of rotatable bonds is 4. The Morgan fingerprint density at radius 1 is 1.35 bits per heavy atom. The zero-order valence-corrected chi connectivity index (χ0v) is 12.5. The molecule has 0 radical (unpaired) electrons. The summed E-state index contributed by atoms with van der Waals surface area (Å²) in [6.07, 6.45) is 3.63. The van der Waals surface area contributed by atoms with Gasteiger partial charge in [0.15, 0.2) is 6.21 Å². The second kappa shape index (κ2) is 6.84. The van der Waals surface area contributed by atoms with Gasteiger partial charge in [0.25, 0.3) is 0 Å². The number of halogens is 1. The van der Waals surface area contributed by atoms with Crippen molar-refractivity contribution in [1.82, 2.24) is 4.90 Å². The van der Waals surface area contributed by atoms with Crippen LogP contribution in [0.4, 0.5) is 4.39 Å². The van der Waals surface area contributed by atoms with Crippen LogP contribution in [-0.2, 0) is 4.74 Å². The number of carbonyl (C=O) groups excluding carboxylic acids is 1. The molecule has 5 heteroatoms. The van der Waals surface area contributed by atoms with Crippen LogP contribution in [0.25, 0.3) is 5.57 Å². The molecule has 1 rings (SSSR count). The highest BCUT2D eigenvalue weighted by molar-refractivity contribution is 6.07. The number of hydrogen-bond acceptors (Lipinski definition) is 3. The van der Waals surface area contributed by atoms with Crippen LogP contribution in [0, 0.1) is 5.82 Å². The second-order valence-corrected chi connectivity index (χ2v) is 4.83. The Bertz CT molecular complexity index is 559. The van der Waals surface area contributed by atoms with E-state index in [1.54, 1.807) is 12.1 Å². The van der Waals surface area contributed by atoms with Crippen molar-refractivity contribution in [3.05, 3.63) is 41.3 Å². The van der Waals surface area contributed by atoms with Gasteiger partial charge in [-0.25, -0.2) is 13.8 Å². The first kappa shape index (κ1) is 15.9. The second-order valence-electron chi connectivity index (χ2n) is 4.83. The zero-order chi connectivity index (χ0) is 15.3. The topological polar surface area (TPSA) is 32.6 Å². The number of hydrogen-bond donors (Lipinski definition) is 0. The molecule has 0 unspecified atom stereocenters. The summed E-state index contributed by atoms with van der Waals surface area (Å²) >= 11 is 0. The summed E-state index contributed by atoms with van der Waals surface area (Å²) in [5.74, 6) is -1.01. The Kier molecular flexibility index (Phi) is 5.43. The number of nitrogens with zero attached hydrogens (tertiary/aromatic N) is 2. The lowest BCUT2D eigenvalue weighted by Gasteiger charge is -2.09. The van der Waals surface area contributed by atoms with Gasteiger partial charge < -0.3 is 9.64 Å². The largest absolute Gasteiger partial charge is 0.465 e. The summed E-state index contributed by atoms with van der Waals surface area (Å²) < 4.78 is 20.6. The fourth-order valence-corrected chi connectivity index (χ4v) is 1.72. The third kappa shape index (κ3) is 4.19. The monoisotopic (exact) mass is 279 g/mol. The highest BCUT2D eigenvalue weighted by atomic mass is 19.1. The average Bonchev–Trinajstić information content (AvgIpc) is 2.35. The number of benzene rings is 1. The molecule has 0 aliphatic rings. The van der Waals surface area contributed by atoms with Crippen molar-refractivity contribution in [2.45, 2.75) is 0 Å².